The molecule has 124 valence electrons. The van der Waals surface area contributed by atoms with E-state index in [0.717, 1.165) is 12.1 Å². The van der Waals surface area contributed by atoms with E-state index >= 15 is 0 Å². The molecule has 0 aliphatic heterocycles. The summed E-state index contributed by atoms with van der Waals surface area (Å²) in [6.07, 6.45) is -3.11. The topological polar surface area (TPSA) is 56.7 Å². The first-order valence-electron chi connectivity index (χ1n) is 6.88. The smallest absolute Gasteiger partial charge is 0.384 e. The number of nitrogens with zero attached hydrogens (tertiary/aromatic N) is 3. The summed E-state index contributed by atoms with van der Waals surface area (Å²) in [7, 11) is 1.72. The van der Waals surface area contributed by atoms with Crippen LogP contribution in [-0.2, 0) is 13.2 Å². The van der Waals surface area contributed by atoms with Crippen LogP contribution in [0.3, 0.4) is 0 Å². The van der Waals surface area contributed by atoms with Crippen LogP contribution in [0.5, 0.6) is 0 Å². The van der Waals surface area contributed by atoms with Crippen molar-refractivity contribution in [2.75, 3.05) is 5.73 Å². The van der Waals surface area contributed by atoms with Crippen LogP contribution in [0.2, 0.25) is 5.02 Å². The minimum absolute atomic E-state index is 0.234. The molecule has 0 radical (unpaired) electrons. The highest BCUT2D eigenvalue weighted by atomic mass is 35.5. The lowest BCUT2D eigenvalue weighted by Crippen LogP contribution is -2.05. The average molecular weight is 353 g/mol. The molecule has 0 aliphatic carbocycles. The zero-order valence-electron chi connectivity index (χ0n) is 12.5. The van der Waals surface area contributed by atoms with Gasteiger partial charge in [0.05, 0.1) is 17.0 Å². The van der Waals surface area contributed by atoms with Gasteiger partial charge in [0.1, 0.15) is 12.1 Å². The standard InChI is InChI=1S/C16H12ClF3N4/c1-24-13(4-5-14(24)12-7-15(21)23-8-22-12)10-6-9(16(18,19)20)2-3-11(10)17/h2-8H,1H3,(H2,21,22,23). The molecule has 1 aromatic carbocycles. The summed E-state index contributed by atoms with van der Waals surface area (Å²) < 4.78 is 40.6. The molecule has 0 atom stereocenters. The first-order chi connectivity index (χ1) is 11.3. The van der Waals surface area contributed by atoms with Gasteiger partial charge in [0.15, 0.2) is 0 Å². The number of aromatic nitrogens is 3. The molecule has 2 heterocycles. The summed E-state index contributed by atoms with van der Waals surface area (Å²) in [6.45, 7) is 0. The van der Waals surface area contributed by atoms with Crippen molar-refractivity contribution in [1.82, 2.24) is 14.5 Å². The van der Waals surface area contributed by atoms with Crippen LogP contribution >= 0.6 is 11.6 Å². The molecule has 4 nitrogen and oxygen atoms in total. The Labute approximate surface area is 140 Å². The fourth-order valence-corrected chi connectivity index (χ4v) is 2.66. The summed E-state index contributed by atoms with van der Waals surface area (Å²) in [5.74, 6) is 0.305. The second-order valence-electron chi connectivity index (χ2n) is 5.18. The number of hydrogen-bond donors (Lipinski definition) is 1. The van der Waals surface area contributed by atoms with Crippen LogP contribution in [0.4, 0.5) is 19.0 Å². The predicted octanol–water partition coefficient (Wildman–Crippen LogP) is 4.40. The van der Waals surface area contributed by atoms with E-state index in [4.69, 9.17) is 17.3 Å². The van der Waals surface area contributed by atoms with Gasteiger partial charge in [-0.15, -0.1) is 0 Å². The van der Waals surface area contributed by atoms with E-state index in [2.05, 4.69) is 9.97 Å². The molecule has 0 unspecified atom stereocenters. The van der Waals surface area contributed by atoms with Crippen molar-refractivity contribution in [1.29, 1.82) is 0 Å². The minimum atomic E-state index is -4.44. The molecule has 0 bridgehead atoms. The summed E-state index contributed by atoms with van der Waals surface area (Å²) in [5.41, 5.74) is 6.99. The third-order valence-electron chi connectivity index (χ3n) is 3.64. The van der Waals surface area contributed by atoms with E-state index < -0.39 is 11.7 Å². The van der Waals surface area contributed by atoms with Crippen molar-refractivity contribution in [2.24, 2.45) is 7.05 Å². The molecule has 2 N–H and O–H groups in total. The number of alkyl halides is 3. The zero-order valence-corrected chi connectivity index (χ0v) is 13.2. The average Bonchev–Trinajstić information content (AvgIpc) is 2.88. The Hall–Kier alpha value is -2.54. The van der Waals surface area contributed by atoms with Gasteiger partial charge < -0.3 is 10.3 Å². The summed E-state index contributed by atoms with van der Waals surface area (Å²) in [6, 6.07) is 8.27. The van der Waals surface area contributed by atoms with Crippen molar-refractivity contribution in [3.8, 4) is 22.6 Å². The van der Waals surface area contributed by atoms with Gasteiger partial charge in [0, 0.05) is 29.4 Å². The lowest BCUT2D eigenvalue weighted by Gasteiger charge is -2.12. The second kappa shape index (κ2) is 5.83. The molecule has 3 rings (SSSR count). The van der Waals surface area contributed by atoms with Gasteiger partial charge in [0.25, 0.3) is 0 Å². The summed E-state index contributed by atoms with van der Waals surface area (Å²) >= 11 is 6.11. The highest BCUT2D eigenvalue weighted by molar-refractivity contribution is 6.33. The zero-order chi connectivity index (χ0) is 17.5. The molecular weight excluding hydrogens is 341 g/mol. The van der Waals surface area contributed by atoms with Crippen LogP contribution in [-0.4, -0.2) is 14.5 Å². The van der Waals surface area contributed by atoms with Gasteiger partial charge in [-0.2, -0.15) is 13.2 Å². The van der Waals surface area contributed by atoms with Gasteiger partial charge in [0.2, 0.25) is 0 Å². The van der Waals surface area contributed by atoms with E-state index in [0.29, 0.717) is 28.5 Å². The monoisotopic (exact) mass is 352 g/mol. The number of nitrogens with two attached hydrogens (primary N) is 1. The minimum Gasteiger partial charge on any atom is -0.384 e. The maximum absolute atomic E-state index is 12.9. The normalized spacial score (nSPS) is 11.7. The van der Waals surface area contributed by atoms with Crippen LogP contribution in [0, 0.1) is 0 Å². The second-order valence-corrected chi connectivity index (χ2v) is 5.59. The number of hydrogen-bond acceptors (Lipinski definition) is 3. The SMILES string of the molecule is Cn1c(-c2cc(N)ncn2)ccc1-c1cc(C(F)(F)F)ccc1Cl. The maximum atomic E-state index is 12.9. The number of halogens is 4. The molecule has 3 aromatic rings. The summed E-state index contributed by atoms with van der Waals surface area (Å²) in [5, 5.41) is 0.234. The Morgan fingerprint density at radius 1 is 1.04 bits per heavy atom. The van der Waals surface area contributed by atoms with Crippen molar-refractivity contribution in [3.63, 3.8) is 0 Å². The molecule has 0 amide bonds. The molecule has 0 saturated carbocycles. The Morgan fingerprint density at radius 2 is 1.75 bits per heavy atom. The number of benzene rings is 1. The van der Waals surface area contributed by atoms with E-state index in [1.165, 1.54) is 12.4 Å². The highest BCUT2D eigenvalue weighted by Crippen LogP contribution is 2.37. The molecule has 0 aliphatic rings. The van der Waals surface area contributed by atoms with E-state index in [1.807, 2.05) is 0 Å². The molecule has 24 heavy (non-hydrogen) atoms. The van der Waals surface area contributed by atoms with E-state index in [-0.39, 0.29) is 5.02 Å². The predicted molar refractivity (Wildman–Crippen MR) is 86.3 cm³/mol. The lowest BCUT2D eigenvalue weighted by molar-refractivity contribution is -0.137. The first-order valence-corrected chi connectivity index (χ1v) is 7.26. The molecule has 0 spiro atoms. The quantitative estimate of drug-likeness (QED) is 0.743. The number of nitrogen functional groups attached to an aromatic ring is 1. The van der Waals surface area contributed by atoms with Crippen LogP contribution in [0.25, 0.3) is 22.6 Å². The number of anilines is 1. The molecule has 0 saturated heterocycles. The third kappa shape index (κ3) is 2.94. The van der Waals surface area contributed by atoms with E-state index in [1.54, 1.807) is 29.8 Å². The first kappa shape index (κ1) is 16.3. The largest absolute Gasteiger partial charge is 0.416 e. The Balaban J connectivity index is 2.12. The van der Waals surface area contributed by atoms with Gasteiger partial charge >= 0.3 is 6.18 Å². The molecule has 0 fully saturated rings. The van der Waals surface area contributed by atoms with Crippen molar-refractivity contribution in [2.45, 2.75) is 6.18 Å². The lowest BCUT2D eigenvalue weighted by atomic mass is 10.1. The molecule has 2 aromatic heterocycles. The van der Waals surface area contributed by atoms with E-state index in [9.17, 15) is 13.2 Å². The van der Waals surface area contributed by atoms with Gasteiger partial charge in [-0.05, 0) is 30.3 Å². The fourth-order valence-electron chi connectivity index (χ4n) is 2.45. The Morgan fingerprint density at radius 3 is 2.42 bits per heavy atom. The van der Waals surface area contributed by atoms with Crippen molar-refractivity contribution >= 4 is 17.4 Å². The molecular formula is C16H12ClF3N4. The fraction of sp³-hybridized carbons (Fsp3) is 0.125. The Kier molecular flexibility index (Phi) is 3.96. The maximum Gasteiger partial charge on any atom is 0.416 e. The van der Waals surface area contributed by atoms with Gasteiger partial charge in [-0.3, -0.25) is 0 Å². The van der Waals surface area contributed by atoms with Gasteiger partial charge in [-0.1, -0.05) is 11.6 Å². The summed E-state index contributed by atoms with van der Waals surface area (Å²) in [4.78, 5) is 7.96. The third-order valence-corrected chi connectivity index (χ3v) is 3.97. The van der Waals surface area contributed by atoms with Crippen LogP contribution in [0.1, 0.15) is 5.56 Å². The molecule has 8 heteroatoms. The van der Waals surface area contributed by atoms with Gasteiger partial charge in [-0.25, -0.2) is 9.97 Å². The highest BCUT2D eigenvalue weighted by Gasteiger charge is 2.31. The van der Waals surface area contributed by atoms with Crippen molar-refractivity contribution in [3.05, 3.63) is 53.3 Å². The Bertz CT molecular complexity index is 903. The van der Waals surface area contributed by atoms with Crippen LogP contribution in [0.15, 0.2) is 42.7 Å². The number of rotatable bonds is 2. The van der Waals surface area contributed by atoms with Crippen molar-refractivity contribution < 1.29 is 13.2 Å². The van der Waals surface area contributed by atoms with Crippen LogP contribution < -0.4 is 5.73 Å².